The summed E-state index contributed by atoms with van der Waals surface area (Å²) >= 11 is 0. The molecule has 0 aliphatic rings. The van der Waals surface area contributed by atoms with Gasteiger partial charge in [-0.1, -0.05) is 115 Å². The van der Waals surface area contributed by atoms with E-state index in [0.29, 0.717) is 29.5 Å². The van der Waals surface area contributed by atoms with Crippen molar-refractivity contribution in [2.75, 3.05) is 11.5 Å². The number of nitrogens with two attached hydrogens (primary N) is 3. The maximum atomic E-state index is 7.10. The summed E-state index contributed by atoms with van der Waals surface area (Å²) in [5.74, 6) is 0.655. The highest BCUT2D eigenvalue weighted by Crippen LogP contribution is 2.44. The number of aliphatic imine (C=N–C) groups is 1. The molecule has 0 aliphatic heterocycles. The Hall–Kier alpha value is -6.01. The maximum Gasteiger partial charge on any atom is 0.135 e. The van der Waals surface area contributed by atoms with E-state index in [2.05, 4.69) is 51.6 Å². The van der Waals surface area contributed by atoms with Crippen LogP contribution in [0.4, 0.5) is 11.4 Å². The van der Waals surface area contributed by atoms with Crippen LogP contribution in [0.2, 0.25) is 0 Å². The molecule has 7 aromatic rings. The number of allylic oxidation sites excluding steroid dienone is 1. The quantitative estimate of drug-likeness (QED) is 0.140. The zero-order chi connectivity index (χ0) is 30.0. The zero-order valence-electron chi connectivity index (χ0n) is 24.1. The molecule has 5 aromatic carbocycles. The highest BCUT2D eigenvalue weighted by molar-refractivity contribution is 6.15. The van der Waals surface area contributed by atoms with Crippen molar-refractivity contribution in [3.63, 3.8) is 0 Å². The first-order chi connectivity index (χ1) is 21.6. The molecular formula is C38H32N6. The second-order valence-corrected chi connectivity index (χ2v) is 10.7. The summed E-state index contributed by atoms with van der Waals surface area (Å²) in [5.41, 5.74) is 29.2. The summed E-state index contributed by atoms with van der Waals surface area (Å²) < 4.78 is 4.29. The van der Waals surface area contributed by atoms with Gasteiger partial charge in [-0.25, -0.2) is 0 Å². The van der Waals surface area contributed by atoms with Crippen LogP contribution in [0.3, 0.4) is 0 Å². The molecular weight excluding hydrogens is 540 g/mol. The lowest BCUT2D eigenvalue weighted by Gasteiger charge is -2.17. The summed E-state index contributed by atoms with van der Waals surface area (Å²) in [7, 11) is 0. The first-order valence-corrected chi connectivity index (χ1v) is 14.6. The molecule has 0 aliphatic carbocycles. The number of nitrogens with zero attached hydrogens (tertiary/aromatic N) is 3. The molecule has 0 radical (unpaired) electrons. The van der Waals surface area contributed by atoms with E-state index in [1.165, 1.54) is 0 Å². The predicted octanol–water partition coefficient (Wildman–Crippen LogP) is 7.86. The largest absolute Gasteiger partial charge is 0.398 e. The Morgan fingerprint density at radius 3 is 1.80 bits per heavy atom. The molecule has 0 saturated carbocycles. The van der Waals surface area contributed by atoms with Crippen molar-refractivity contribution < 1.29 is 0 Å². The molecule has 0 saturated heterocycles. The molecule has 0 fully saturated rings. The van der Waals surface area contributed by atoms with E-state index in [9.17, 15) is 0 Å². The fourth-order valence-corrected chi connectivity index (χ4v) is 5.87. The van der Waals surface area contributed by atoms with Crippen molar-refractivity contribution in [2.24, 2.45) is 10.7 Å². The number of anilines is 2. The topological polar surface area (TPSA) is 100 Å². The lowest BCUT2D eigenvalue weighted by Crippen LogP contribution is -2.15. The third-order valence-corrected chi connectivity index (χ3v) is 7.95. The van der Waals surface area contributed by atoms with E-state index in [-0.39, 0.29) is 0 Å². The number of para-hydroxylation sites is 3. The molecule has 0 atom stereocenters. The van der Waals surface area contributed by atoms with E-state index >= 15 is 0 Å². The third kappa shape index (κ3) is 4.68. The van der Waals surface area contributed by atoms with E-state index in [1.54, 1.807) is 0 Å². The Kier molecular flexibility index (Phi) is 6.93. The molecule has 6 nitrogen and oxygen atoms in total. The number of aromatic nitrogens is 2. The Morgan fingerprint density at radius 1 is 0.591 bits per heavy atom. The monoisotopic (exact) mass is 572 g/mol. The van der Waals surface area contributed by atoms with Crippen molar-refractivity contribution in [3.8, 4) is 17.1 Å². The molecule has 0 unspecified atom stereocenters. The van der Waals surface area contributed by atoms with Gasteiger partial charge in [-0.15, -0.1) is 0 Å². The average molecular weight is 573 g/mol. The molecule has 0 bridgehead atoms. The standard InChI is InChI=1S/C38H32N6/c39-31(27-16-6-2-7-17-27)24-34(42-25-26-14-4-1-5-15-26)44-33-23-13-11-21-30(33)36(41)38(44)37-35(40)29-20-10-12-22-32(29)43(37)28-18-8-3-9-19-28/h1-24H,25,39-41H2/b31-24-,42-34?. The van der Waals surface area contributed by atoms with Crippen molar-refractivity contribution in [1.82, 2.24) is 9.13 Å². The summed E-state index contributed by atoms with van der Waals surface area (Å²) in [6.45, 7) is 0.456. The van der Waals surface area contributed by atoms with Crippen molar-refractivity contribution >= 4 is 44.7 Å². The van der Waals surface area contributed by atoms with Crippen LogP contribution in [-0.2, 0) is 6.54 Å². The molecule has 6 heteroatoms. The Bertz CT molecular complexity index is 2150. The SMILES string of the molecule is N/C(=C\C(=NCc1ccccc1)n1c(-c2c(N)c3ccccc3n2-c2ccccc2)c(N)c2ccccc21)c1ccccc1. The maximum absolute atomic E-state index is 7.10. The lowest BCUT2D eigenvalue weighted by molar-refractivity contribution is 1.03. The van der Waals surface area contributed by atoms with Crippen LogP contribution in [0, 0.1) is 0 Å². The summed E-state index contributed by atoms with van der Waals surface area (Å²) in [6.07, 6.45) is 1.93. The second-order valence-electron chi connectivity index (χ2n) is 10.7. The highest BCUT2D eigenvalue weighted by atomic mass is 15.1. The summed E-state index contributed by atoms with van der Waals surface area (Å²) in [4.78, 5) is 5.18. The van der Waals surface area contributed by atoms with Crippen LogP contribution in [0.1, 0.15) is 11.1 Å². The Labute approximate surface area is 256 Å². The number of hydrogen-bond acceptors (Lipinski definition) is 4. The fourth-order valence-electron chi connectivity index (χ4n) is 5.87. The molecule has 214 valence electrons. The molecule has 2 heterocycles. The first-order valence-electron chi connectivity index (χ1n) is 14.6. The fraction of sp³-hybridized carbons (Fsp3) is 0.0263. The summed E-state index contributed by atoms with van der Waals surface area (Å²) in [6, 6.07) is 46.6. The minimum absolute atomic E-state index is 0.456. The minimum Gasteiger partial charge on any atom is -0.398 e. The Morgan fingerprint density at radius 2 is 1.11 bits per heavy atom. The van der Waals surface area contributed by atoms with E-state index < -0.39 is 0 Å². The van der Waals surface area contributed by atoms with Gasteiger partial charge in [-0.3, -0.25) is 9.56 Å². The van der Waals surface area contributed by atoms with Gasteiger partial charge in [0.05, 0.1) is 40.3 Å². The molecule has 7 rings (SSSR count). The van der Waals surface area contributed by atoms with E-state index in [1.807, 2.05) is 103 Å². The number of fused-ring (bicyclic) bond motifs is 2. The van der Waals surface area contributed by atoms with Crippen LogP contribution in [0.15, 0.2) is 151 Å². The molecule has 44 heavy (non-hydrogen) atoms. The normalized spacial score (nSPS) is 12.3. The highest BCUT2D eigenvalue weighted by Gasteiger charge is 2.27. The van der Waals surface area contributed by atoms with Crippen molar-refractivity contribution in [2.45, 2.75) is 6.54 Å². The van der Waals surface area contributed by atoms with Crippen molar-refractivity contribution in [1.29, 1.82) is 0 Å². The Balaban J connectivity index is 1.57. The zero-order valence-corrected chi connectivity index (χ0v) is 24.1. The molecule has 2 aromatic heterocycles. The van der Waals surface area contributed by atoms with Gasteiger partial charge in [0.1, 0.15) is 5.84 Å². The van der Waals surface area contributed by atoms with Gasteiger partial charge in [-0.2, -0.15) is 0 Å². The van der Waals surface area contributed by atoms with Crippen molar-refractivity contribution in [3.05, 3.63) is 157 Å². The van der Waals surface area contributed by atoms with Gasteiger partial charge < -0.3 is 21.8 Å². The van der Waals surface area contributed by atoms with Crippen LogP contribution in [0.25, 0.3) is 44.6 Å². The van der Waals surface area contributed by atoms with Crippen LogP contribution >= 0.6 is 0 Å². The predicted molar refractivity (Wildman–Crippen MR) is 185 cm³/mol. The molecule has 0 amide bonds. The van der Waals surface area contributed by atoms with Gasteiger partial charge in [0.25, 0.3) is 0 Å². The average Bonchev–Trinajstić information content (AvgIpc) is 3.54. The number of benzene rings is 5. The smallest absolute Gasteiger partial charge is 0.135 e. The number of rotatable bonds is 6. The molecule has 0 spiro atoms. The van der Waals surface area contributed by atoms with Crippen LogP contribution in [0.5, 0.6) is 0 Å². The summed E-state index contributed by atoms with van der Waals surface area (Å²) in [5, 5.41) is 1.86. The second kappa shape index (κ2) is 11.3. The lowest BCUT2D eigenvalue weighted by atomic mass is 10.1. The number of nitrogen functional groups attached to an aromatic ring is 2. The van der Waals surface area contributed by atoms with Gasteiger partial charge in [0.15, 0.2) is 0 Å². The van der Waals surface area contributed by atoms with E-state index in [4.69, 9.17) is 22.2 Å². The first kappa shape index (κ1) is 26.9. The van der Waals surface area contributed by atoms with Gasteiger partial charge in [0.2, 0.25) is 0 Å². The van der Waals surface area contributed by atoms with Gasteiger partial charge >= 0.3 is 0 Å². The third-order valence-electron chi connectivity index (χ3n) is 7.95. The van der Waals surface area contributed by atoms with E-state index in [0.717, 1.165) is 50.0 Å². The van der Waals surface area contributed by atoms with Crippen LogP contribution < -0.4 is 17.2 Å². The van der Waals surface area contributed by atoms with Crippen LogP contribution in [-0.4, -0.2) is 15.0 Å². The van der Waals surface area contributed by atoms with Gasteiger partial charge in [-0.05, 0) is 35.4 Å². The number of hydrogen-bond donors (Lipinski definition) is 3. The van der Waals surface area contributed by atoms with Gasteiger partial charge in [0, 0.05) is 28.2 Å². The molecule has 6 N–H and O–H groups in total. The minimum atomic E-state index is 0.456.